The molecule has 8 heteroatoms. The molecule has 2 heterocycles. The van der Waals surface area contributed by atoms with Crippen molar-refractivity contribution in [3.63, 3.8) is 0 Å². The van der Waals surface area contributed by atoms with Gasteiger partial charge in [0, 0.05) is 11.8 Å². The van der Waals surface area contributed by atoms with Crippen molar-refractivity contribution in [2.45, 2.75) is 19.1 Å². The van der Waals surface area contributed by atoms with E-state index in [0.717, 1.165) is 6.07 Å². The van der Waals surface area contributed by atoms with Crippen molar-refractivity contribution in [3.05, 3.63) is 102 Å². The Morgan fingerprint density at radius 3 is 2.56 bits per heavy atom. The number of aliphatic hydroxyl groups excluding tert-OH is 1. The van der Waals surface area contributed by atoms with Gasteiger partial charge in [0.15, 0.2) is 0 Å². The highest BCUT2D eigenvalue weighted by atomic mass is 19.1. The molecule has 4 rings (SSSR count). The molecule has 7 nitrogen and oxygen atoms in total. The number of pyridine rings is 1. The largest absolute Gasteiger partial charge is 0.386 e. The number of rotatable bonds is 6. The molecule has 0 aliphatic rings. The van der Waals surface area contributed by atoms with Crippen molar-refractivity contribution in [1.29, 1.82) is 0 Å². The standard InChI is InChI=1S/C24H21FN4O3/c1-15(22(30)16-7-3-2-4-8-16)27-23(31)17-10-11-18(25)19(13-17)28-24(32)20-14-26-21-9-5-6-12-29(20)21/h2-15,22,30H,1H3,(H,27,31)(H,28,32). The number of imidazole rings is 1. The minimum atomic E-state index is -0.907. The summed E-state index contributed by atoms with van der Waals surface area (Å²) in [6.07, 6.45) is 2.16. The number of nitrogens with one attached hydrogen (secondary N) is 2. The van der Waals surface area contributed by atoms with Crippen LogP contribution in [0.5, 0.6) is 0 Å². The fourth-order valence-corrected chi connectivity index (χ4v) is 3.36. The van der Waals surface area contributed by atoms with Crippen LogP contribution < -0.4 is 10.6 Å². The van der Waals surface area contributed by atoms with Crippen LogP contribution in [-0.4, -0.2) is 32.3 Å². The van der Waals surface area contributed by atoms with E-state index in [9.17, 15) is 19.1 Å². The molecular weight excluding hydrogens is 411 g/mol. The Kier molecular flexibility index (Phi) is 5.96. The minimum Gasteiger partial charge on any atom is -0.386 e. The summed E-state index contributed by atoms with van der Waals surface area (Å²) in [5, 5.41) is 15.7. The first-order valence-electron chi connectivity index (χ1n) is 10.0. The Morgan fingerprint density at radius 2 is 1.78 bits per heavy atom. The second-order valence-electron chi connectivity index (χ2n) is 7.34. The van der Waals surface area contributed by atoms with Gasteiger partial charge in [0.25, 0.3) is 11.8 Å². The number of anilines is 1. The highest BCUT2D eigenvalue weighted by molar-refractivity contribution is 6.04. The number of carbonyl (C=O) groups is 2. The zero-order chi connectivity index (χ0) is 22.7. The molecule has 2 unspecified atom stereocenters. The molecule has 0 spiro atoms. The normalized spacial score (nSPS) is 12.8. The summed E-state index contributed by atoms with van der Waals surface area (Å²) in [5.41, 5.74) is 1.49. The lowest BCUT2D eigenvalue weighted by molar-refractivity contribution is 0.0851. The van der Waals surface area contributed by atoms with E-state index in [-0.39, 0.29) is 16.9 Å². The van der Waals surface area contributed by atoms with Crippen LogP contribution in [0.4, 0.5) is 10.1 Å². The summed E-state index contributed by atoms with van der Waals surface area (Å²) < 4.78 is 15.9. The van der Waals surface area contributed by atoms with E-state index in [2.05, 4.69) is 15.6 Å². The maximum atomic E-state index is 14.4. The number of halogens is 1. The van der Waals surface area contributed by atoms with E-state index in [0.29, 0.717) is 11.2 Å². The molecule has 2 atom stereocenters. The van der Waals surface area contributed by atoms with Gasteiger partial charge >= 0.3 is 0 Å². The minimum absolute atomic E-state index is 0.134. The molecule has 2 aromatic carbocycles. The molecule has 0 saturated carbocycles. The molecule has 0 aliphatic heterocycles. The molecule has 32 heavy (non-hydrogen) atoms. The van der Waals surface area contributed by atoms with Gasteiger partial charge in [-0.15, -0.1) is 0 Å². The van der Waals surface area contributed by atoms with Crippen LogP contribution in [0.1, 0.15) is 39.4 Å². The van der Waals surface area contributed by atoms with E-state index >= 15 is 0 Å². The van der Waals surface area contributed by atoms with Crippen molar-refractivity contribution in [2.24, 2.45) is 0 Å². The highest BCUT2D eigenvalue weighted by Gasteiger charge is 2.20. The number of aromatic nitrogens is 2. The molecule has 2 amide bonds. The topological polar surface area (TPSA) is 95.7 Å². The smallest absolute Gasteiger partial charge is 0.274 e. The molecule has 2 aromatic heterocycles. The van der Waals surface area contributed by atoms with Gasteiger partial charge in [-0.2, -0.15) is 0 Å². The van der Waals surface area contributed by atoms with Gasteiger partial charge in [0.1, 0.15) is 17.2 Å². The second-order valence-corrected chi connectivity index (χ2v) is 7.34. The van der Waals surface area contributed by atoms with E-state index < -0.39 is 29.8 Å². The van der Waals surface area contributed by atoms with Crippen LogP contribution in [0.15, 0.2) is 79.1 Å². The van der Waals surface area contributed by atoms with Crippen LogP contribution in [0.3, 0.4) is 0 Å². The maximum Gasteiger partial charge on any atom is 0.274 e. The molecular formula is C24H21FN4O3. The Morgan fingerprint density at radius 1 is 1.03 bits per heavy atom. The van der Waals surface area contributed by atoms with Crippen molar-refractivity contribution >= 4 is 23.1 Å². The van der Waals surface area contributed by atoms with Crippen LogP contribution in [-0.2, 0) is 0 Å². The number of hydrogen-bond donors (Lipinski definition) is 3. The summed E-state index contributed by atoms with van der Waals surface area (Å²) in [5.74, 6) is -1.74. The number of benzene rings is 2. The van der Waals surface area contributed by atoms with Gasteiger partial charge in [-0.05, 0) is 42.8 Å². The summed E-state index contributed by atoms with van der Waals surface area (Å²) >= 11 is 0. The number of aliphatic hydroxyl groups is 1. The predicted molar refractivity (Wildman–Crippen MR) is 118 cm³/mol. The first kappa shape index (κ1) is 21.2. The van der Waals surface area contributed by atoms with E-state index in [4.69, 9.17) is 0 Å². The Hall–Kier alpha value is -4.04. The maximum absolute atomic E-state index is 14.4. The van der Waals surface area contributed by atoms with E-state index in [1.807, 2.05) is 6.07 Å². The van der Waals surface area contributed by atoms with Crippen LogP contribution in [0.2, 0.25) is 0 Å². The monoisotopic (exact) mass is 432 g/mol. The zero-order valence-electron chi connectivity index (χ0n) is 17.2. The average Bonchev–Trinajstić information content (AvgIpc) is 3.25. The SMILES string of the molecule is CC(NC(=O)c1ccc(F)c(NC(=O)c2cnc3ccccn23)c1)C(O)c1ccccc1. The quantitative estimate of drug-likeness (QED) is 0.434. The predicted octanol–water partition coefficient (Wildman–Crippen LogP) is 3.58. The van der Waals surface area contributed by atoms with Gasteiger partial charge in [-0.25, -0.2) is 9.37 Å². The van der Waals surface area contributed by atoms with Gasteiger partial charge in [0.2, 0.25) is 0 Å². The fraction of sp³-hybridized carbons (Fsp3) is 0.125. The summed E-state index contributed by atoms with van der Waals surface area (Å²) in [6.45, 7) is 1.67. The highest BCUT2D eigenvalue weighted by Crippen LogP contribution is 2.20. The van der Waals surface area contributed by atoms with Gasteiger partial charge in [-0.1, -0.05) is 36.4 Å². The molecule has 3 N–H and O–H groups in total. The van der Waals surface area contributed by atoms with E-state index in [1.165, 1.54) is 18.3 Å². The van der Waals surface area contributed by atoms with Crippen molar-refractivity contribution in [2.75, 3.05) is 5.32 Å². The summed E-state index contributed by atoms with van der Waals surface area (Å²) in [7, 11) is 0. The second kappa shape index (κ2) is 8.99. The van der Waals surface area contributed by atoms with Crippen molar-refractivity contribution in [1.82, 2.24) is 14.7 Å². The van der Waals surface area contributed by atoms with Crippen LogP contribution in [0.25, 0.3) is 5.65 Å². The Bertz CT molecular complexity index is 1270. The third kappa shape index (κ3) is 4.35. The average molecular weight is 432 g/mol. The Labute approximate surface area is 183 Å². The van der Waals surface area contributed by atoms with Crippen LogP contribution >= 0.6 is 0 Å². The molecule has 0 radical (unpaired) electrons. The molecule has 0 saturated heterocycles. The third-order valence-corrected chi connectivity index (χ3v) is 5.10. The van der Waals surface area contributed by atoms with Crippen molar-refractivity contribution in [3.8, 4) is 0 Å². The summed E-state index contributed by atoms with van der Waals surface area (Å²) in [6, 6.07) is 17.3. The number of fused-ring (bicyclic) bond motifs is 1. The number of amides is 2. The lowest BCUT2D eigenvalue weighted by Crippen LogP contribution is -2.37. The lowest BCUT2D eigenvalue weighted by Gasteiger charge is -2.21. The van der Waals surface area contributed by atoms with Gasteiger partial charge in [-0.3, -0.25) is 14.0 Å². The molecule has 0 aliphatic carbocycles. The third-order valence-electron chi connectivity index (χ3n) is 5.10. The molecule has 0 bridgehead atoms. The first-order chi connectivity index (χ1) is 15.4. The van der Waals surface area contributed by atoms with Crippen LogP contribution in [0, 0.1) is 5.82 Å². The van der Waals surface area contributed by atoms with E-state index in [1.54, 1.807) is 60.0 Å². The Balaban J connectivity index is 1.49. The number of nitrogens with zero attached hydrogens (tertiary/aromatic N) is 2. The molecule has 4 aromatic rings. The van der Waals surface area contributed by atoms with Gasteiger partial charge < -0.3 is 15.7 Å². The number of hydrogen-bond acceptors (Lipinski definition) is 4. The van der Waals surface area contributed by atoms with Gasteiger partial charge in [0.05, 0.1) is 24.0 Å². The molecule has 0 fully saturated rings. The fourth-order valence-electron chi connectivity index (χ4n) is 3.36. The summed E-state index contributed by atoms with van der Waals surface area (Å²) in [4.78, 5) is 29.5. The molecule has 162 valence electrons. The number of carbonyl (C=O) groups excluding carboxylic acids is 2. The first-order valence-corrected chi connectivity index (χ1v) is 10.0. The lowest BCUT2D eigenvalue weighted by atomic mass is 10.0. The van der Waals surface area contributed by atoms with Crippen molar-refractivity contribution < 1.29 is 19.1 Å². The zero-order valence-corrected chi connectivity index (χ0v) is 17.2.